The average Bonchev–Trinajstić information content (AvgIpc) is 1.66. The monoisotopic (exact) mass is 1690 g/mol. The van der Waals surface area contributed by atoms with E-state index >= 15 is 0 Å². The van der Waals surface area contributed by atoms with Crippen molar-refractivity contribution in [3.05, 3.63) is 253 Å². The number of phenols is 2. The largest absolute Gasteiger partial charge is 0.508 e. The number of phenolic OH excluding ortho intramolecular Hbond substituents is 2. The molecule has 2 saturated carbocycles. The second-order valence-electron chi connectivity index (χ2n) is 36.7. The Bertz CT molecular complexity index is 5820. The predicted molar refractivity (Wildman–Crippen MR) is 482 cm³/mol. The normalized spacial score (nSPS) is 19.5. The number of aryl methyl sites for hydroxylation is 1. The molecule has 0 spiro atoms. The number of furan rings is 1. The number of hydrogen-bond acceptors (Lipinski definition) is 21. The Labute approximate surface area is 725 Å². The van der Waals surface area contributed by atoms with Crippen LogP contribution >= 0.6 is 0 Å². The standard InChI is InChI=1S/C24H30O7.C23H31NO.C21H24O5.C19H22O4.C16H14O3/c1-4-6-8-9-15-11-16(25)12-19(26)22(15)30-20-14-17(29-3)13-18-21(20)23(27)31-24(18,28)10-7-5-2;25-22-13-15-24(21(17-22)16-18-6-2-1-3-7-18)14-12-20-11-10-19-8-4-5-9-23(19)20;1-7-20(3,4)15-9-13-8-14-10-18(21(5,6)26-12(2)22)24-16(14)11-17(13)25-19(15)23;1-6-18(2,3)13-8-11-7-12-9-16(19(4,5)21)22-14(12)10-15(11)23-17(13)20;1-4-16(2,3)12-8-11-7-10-5-6-18-13(10)9-14(11)19-15(12)17/h11-14,25-26,28H,4-10H2,1-3H3;1-3,6-7,13,15,19-21,23H,4-5,8-12,14,16-17H2;7-9,11,18H,1,10H2,2-6H3;6-8,10,16,21H,1,9H2,2-5H3;4-9H,1H2,2-3H3. The van der Waals surface area contributed by atoms with Gasteiger partial charge in [-0.3, -0.25) is 9.59 Å². The number of hydrogen-bond donors (Lipinski definition) is 4. The summed E-state index contributed by atoms with van der Waals surface area (Å²) in [5.41, 5.74) is 4.23. The lowest BCUT2D eigenvalue weighted by Gasteiger charge is -2.35. The molecular formula is C103H121NO20. The zero-order valence-corrected chi connectivity index (χ0v) is 74.2. The fourth-order valence-corrected chi connectivity index (χ4v) is 17.6. The summed E-state index contributed by atoms with van der Waals surface area (Å²) < 4.78 is 55.6. The molecule has 2 fully saturated rings. The molecule has 0 radical (unpaired) electrons. The lowest BCUT2D eigenvalue weighted by Crippen LogP contribution is -2.43. The molecular weight excluding hydrogens is 1570 g/mol. The molecule has 4 aromatic heterocycles. The van der Waals surface area contributed by atoms with Gasteiger partial charge in [0.05, 0.1) is 19.0 Å². The summed E-state index contributed by atoms with van der Waals surface area (Å²) in [4.78, 5) is 75.1. The van der Waals surface area contributed by atoms with Crippen LogP contribution in [0.1, 0.15) is 235 Å². The fourth-order valence-electron chi connectivity index (χ4n) is 17.6. The highest BCUT2D eigenvalue weighted by atomic mass is 16.7. The van der Waals surface area contributed by atoms with Crippen LogP contribution in [0.25, 0.3) is 43.9 Å². The van der Waals surface area contributed by atoms with Crippen LogP contribution in [0.5, 0.6) is 40.2 Å². The van der Waals surface area contributed by atoms with Crippen LogP contribution in [0.4, 0.5) is 0 Å². The summed E-state index contributed by atoms with van der Waals surface area (Å²) in [5.74, 6) is 2.10. The second kappa shape index (κ2) is 38.0. The zero-order chi connectivity index (χ0) is 89.5. The molecule has 16 rings (SSSR count). The molecule has 7 unspecified atom stereocenters. The van der Waals surface area contributed by atoms with Crippen molar-refractivity contribution in [1.29, 1.82) is 0 Å². The van der Waals surface area contributed by atoms with Gasteiger partial charge in [0.25, 0.3) is 0 Å². The van der Waals surface area contributed by atoms with Gasteiger partial charge in [0.2, 0.25) is 5.79 Å². The number of rotatable bonds is 24. The van der Waals surface area contributed by atoms with Crippen LogP contribution < -0.4 is 35.8 Å². The van der Waals surface area contributed by atoms with Crippen molar-refractivity contribution >= 4 is 61.6 Å². The summed E-state index contributed by atoms with van der Waals surface area (Å²) in [7, 11) is 1.47. The van der Waals surface area contributed by atoms with E-state index in [0.29, 0.717) is 100.0 Å². The molecule has 0 saturated heterocycles. The maximum atomic E-state index is 12.7. The van der Waals surface area contributed by atoms with Crippen LogP contribution in [0, 0.1) is 17.8 Å². The van der Waals surface area contributed by atoms with Crippen molar-refractivity contribution in [2.45, 2.75) is 257 Å². The smallest absolute Gasteiger partial charge is 0.345 e. The summed E-state index contributed by atoms with van der Waals surface area (Å²) in [6, 6.07) is 35.4. The average molecular weight is 1690 g/mol. The van der Waals surface area contributed by atoms with E-state index in [0.717, 1.165) is 89.1 Å². The van der Waals surface area contributed by atoms with Crippen LogP contribution in [0.2, 0.25) is 0 Å². The molecule has 0 bridgehead atoms. The molecule has 4 aliphatic heterocycles. The number of cyclic esters (lactones) is 1. The highest BCUT2D eigenvalue weighted by Crippen LogP contribution is 2.50. The van der Waals surface area contributed by atoms with Crippen molar-refractivity contribution in [2.24, 2.45) is 17.8 Å². The molecule has 7 atom stereocenters. The summed E-state index contributed by atoms with van der Waals surface area (Å²) in [6.45, 7) is 36.7. The van der Waals surface area contributed by atoms with E-state index in [-0.39, 0.29) is 81.4 Å². The molecule has 124 heavy (non-hydrogen) atoms. The summed E-state index contributed by atoms with van der Waals surface area (Å²) in [5, 5.41) is 45.1. The Kier molecular flexibility index (Phi) is 28.1. The Balaban J connectivity index is 0.000000142. The first kappa shape index (κ1) is 91.8. The summed E-state index contributed by atoms with van der Waals surface area (Å²) in [6.07, 6.45) is 28.3. The number of carbonyl (C=O) groups excluding carboxylic acids is 3. The number of nitrogens with zero attached hydrogens (tertiary/aromatic N) is 1. The fraction of sp³-hybridized carbons (Fsp3) is 0.437. The van der Waals surface area contributed by atoms with E-state index in [1.807, 2.05) is 105 Å². The topological polar surface area (TPSA) is 295 Å². The Morgan fingerprint density at radius 1 is 0.629 bits per heavy atom. The lowest BCUT2D eigenvalue weighted by atomic mass is 9.77. The third kappa shape index (κ3) is 21.0. The number of esters is 2. The lowest BCUT2D eigenvalue weighted by molar-refractivity contribution is -0.168. The van der Waals surface area contributed by atoms with Crippen molar-refractivity contribution in [3.63, 3.8) is 0 Å². The molecule has 4 N–H and O–H groups in total. The number of ether oxygens (including phenoxy) is 6. The minimum atomic E-state index is -1.75. The number of aliphatic hydroxyl groups is 2. The predicted octanol–water partition coefficient (Wildman–Crippen LogP) is 21.4. The quantitative estimate of drug-likeness (QED) is 0.0189. The number of carbonyl (C=O) groups is 3. The van der Waals surface area contributed by atoms with Gasteiger partial charge in [-0.1, -0.05) is 142 Å². The first-order valence-corrected chi connectivity index (χ1v) is 43.5. The molecule has 8 heterocycles. The van der Waals surface area contributed by atoms with Gasteiger partial charge in [-0.25, -0.2) is 19.2 Å². The van der Waals surface area contributed by atoms with E-state index in [1.165, 1.54) is 76.7 Å². The van der Waals surface area contributed by atoms with Crippen LogP contribution in [-0.4, -0.2) is 86.2 Å². The van der Waals surface area contributed by atoms with Gasteiger partial charge in [-0.15, -0.1) is 19.7 Å². The third-order valence-corrected chi connectivity index (χ3v) is 25.4. The van der Waals surface area contributed by atoms with Crippen molar-refractivity contribution < 1.29 is 80.9 Å². The molecule has 0 amide bonds. The number of aromatic hydroxyl groups is 2. The number of benzene rings is 6. The van der Waals surface area contributed by atoms with Gasteiger partial charge in [0.1, 0.15) is 74.5 Å². The maximum absolute atomic E-state index is 12.7. The molecule has 21 heteroatoms. The number of methoxy groups -OCH3 is 1. The third-order valence-electron chi connectivity index (χ3n) is 25.4. The van der Waals surface area contributed by atoms with Gasteiger partial charge in [0, 0.05) is 147 Å². The SMILES string of the molecule is C=CC(C)(C)c1cc2cc3c(cc2oc1=O)OC(C(C)(C)O)C3.C=CC(C)(C)c1cc2cc3c(cc2oc1=O)OC(C(C)(C)OC(C)=O)C3.C=CC(C)(C)c1cc2cc3ccoc3cc2oc1=O.CCCCCc1cc(O)cc(O)c1Oc1cc(OC)cc2c1C(=O)OC2(O)CCCC.O=C1C=CN(CCC2CCC3CCCCC32)C(Cc2ccccc2)C1. The second-order valence-corrected chi connectivity index (χ2v) is 36.7. The maximum Gasteiger partial charge on any atom is 0.345 e. The van der Waals surface area contributed by atoms with Crippen molar-refractivity contribution in [2.75, 3.05) is 13.7 Å². The van der Waals surface area contributed by atoms with E-state index < -0.39 is 39.2 Å². The van der Waals surface area contributed by atoms with E-state index in [1.54, 1.807) is 74.7 Å². The van der Waals surface area contributed by atoms with Crippen molar-refractivity contribution in [3.8, 4) is 40.2 Å². The Morgan fingerprint density at radius 3 is 1.77 bits per heavy atom. The highest BCUT2D eigenvalue weighted by Gasteiger charge is 2.47. The minimum absolute atomic E-state index is 0.0689. The minimum Gasteiger partial charge on any atom is -0.508 e. The van der Waals surface area contributed by atoms with Gasteiger partial charge >= 0.3 is 28.8 Å². The van der Waals surface area contributed by atoms with Crippen molar-refractivity contribution in [1.82, 2.24) is 4.90 Å². The molecule has 658 valence electrons. The number of ketones is 1. The number of unbranched alkanes of at least 4 members (excludes halogenated alkanes) is 3. The molecule has 6 aliphatic rings. The van der Waals surface area contributed by atoms with Crippen LogP contribution in [-0.2, 0) is 66.8 Å². The molecule has 21 nitrogen and oxygen atoms in total. The number of allylic oxidation sites excluding steroid dienone is 4. The van der Waals surface area contributed by atoms with E-state index in [9.17, 15) is 49.2 Å². The van der Waals surface area contributed by atoms with Gasteiger partial charge in [0.15, 0.2) is 17.3 Å². The molecule has 6 aromatic carbocycles. The summed E-state index contributed by atoms with van der Waals surface area (Å²) >= 11 is 0. The van der Waals surface area contributed by atoms with E-state index in [4.69, 9.17) is 46.1 Å². The van der Waals surface area contributed by atoms with Gasteiger partial charge in [-0.2, -0.15) is 0 Å². The zero-order valence-electron chi connectivity index (χ0n) is 74.2. The Morgan fingerprint density at radius 2 is 1.20 bits per heavy atom. The van der Waals surface area contributed by atoms with E-state index in [2.05, 4.69) is 68.1 Å². The molecule has 2 aliphatic carbocycles. The Hall–Kier alpha value is -11.4. The van der Waals surface area contributed by atoms with Crippen LogP contribution in [0.3, 0.4) is 0 Å². The van der Waals surface area contributed by atoms with Gasteiger partial charge < -0.3 is 71.4 Å². The first-order valence-electron chi connectivity index (χ1n) is 43.5. The number of fused-ring (bicyclic) bond motifs is 8. The molecule has 10 aromatic rings. The highest BCUT2D eigenvalue weighted by molar-refractivity contribution is 5.98. The van der Waals surface area contributed by atoms with Crippen LogP contribution in [0.15, 0.2) is 204 Å². The first-order chi connectivity index (χ1) is 58.8. The van der Waals surface area contributed by atoms with Gasteiger partial charge in [-0.05, 0) is 174 Å².